The molecule has 19 heavy (non-hydrogen) atoms. The van der Waals surface area contributed by atoms with Crippen molar-refractivity contribution in [2.75, 3.05) is 0 Å². The first-order valence-corrected chi connectivity index (χ1v) is 7.34. The van der Waals surface area contributed by atoms with E-state index in [1.807, 2.05) is 0 Å². The van der Waals surface area contributed by atoms with Gasteiger partial charge in [0.1, 0.15) is 5.03 Å². The molecule has 4 heteroatoms. The smallest absolute Gasteiger partial charge is 0.115 e. The molecule has 100 valence electrons. The summed E-state index contributed by atoms with van der Waals surface area (Å²) in [5.41, 5.74) is 8.85. The van der Waals surface area contributed by atoms with Crippen LogP contribution in [0.25, 0.3) is 0 Å². The minimum Gasteiger partial charge on any atom is -0.326 e. The molecule has 2 atom stereocenters. The van der Waals surface area contributed by atoms with Crippen molar-refractivity contribution in [2.24, 2.45) is 5.73 Å². The summed E-state index contributed by atoms with van der Waals surface area (Å²) in [5.74, 6) is 0. The summed E-state index contributed by atoms with van der Waals surface area (Å²) in [7, 11) is 0. The van der Waals surface area contributed by atoms with E-state index in [1.54, 1.807) is 30.4 Å². The molecule has 0 radical (unpaired) electrons. The van der Waals surface area contributed by atoms with Gasteiger partial charge in [0.2, 0.25) is 0 Å². The van der Waals surface area contributed by atoms with Crippen molar-refractivity contribution < 1.29 is 0 Å². The third-order valence-corrected chi connectivity index (χ3v) is 4.45. The number of aryl methyl sites for hydroxylation is 1. The predicted molar refractivity (Wildman–Crippen MR) is 80.1 cm³/mol. The van der Waals surface area contributed by atoms with Gasteiger partial charge in [-0.2, -0.15) is 0 Å². The predicted octanol–water partition coefficient (Wildman–Crippen LogP) is 3.36. The van der Waals surface area contributed by atoms with Crippen molar-refractivity contribution in [3.63, 3.8) is 0 Å². The lowest BCUT2D eigenvalue weighted by atomic mass is 10.00. The summed E-state index contributed by atoms with van der Waals surface area (Å²) >= 11 is 1.69. The first-order valence-electron chi connectivity index (χ1n) is 6.46. The summed E-state index contributed by atoms with van der Waals surface area (Å²) in [6.45, 7) is 4.25. The first kappa shape index (κ1) is 14.0. The average Bonchev–Trinajstić information content (AvgIpc) is 2.46. The van der Waals surface area contributed by atoms with E-state index in [0.29, 0.717) is 0 Å². The van der Waals surface area contributed by atoms with Crippen LogP contribution < -0.4 is 5.73 Å². The van der Waals surface area contributed by atoms with Crippen LogP contribution in [-0.4, -0.2) is 16.0 Å². The van der Waals surface area contributed by atoms with Crippen LogP contribution in [0.2, 0.25) is 0 Å². The van der Waals surface area contributed by atoms with Gasteiger partial charge in [0.25, 0.3) is 0 Å². The van der Waals surface area contributed by atoms with Crippen molar-refractivity contribution in [3.05, 3.63) is 54.0 Å². The summed E-state index contributed by atoms with van der Waals surface area (Å²) in [6, 6.07) is 8.50. The van der Waals surface area contributed by atoms with Crippen LogP contribution >= 0.6 is 11.8 Å². The maximum absolute atomic E-state index is 6.30. The van der Waals surface area contributed by atoms with Gasteiger partial charge in [0, 0.05) is 18.4 Å². The highest BCUT2D eigenvalue weighted by molar-refractivity contribution is 7.99. The Kier molecular flexibility index (Phi) is 4.93. The third-order valence-electron chi connectivity index (χ3n) is 3.14. The fraction of sp³-hybridized carbons (Fsp3) is 0.333. The summed E-state index contributed by atoms with van der Waals surface area (Å²) in [6.07, 6.45) is 6.13. The molecule has 0 aliphatic heterocycles. The lowest BCUT2D eigenvalue weighted by molar-refractivity contribution is 0.631. The van der Waals surface area contributed by atoms with E-state index in [0.717, 1.165) is 11.4 Å². The van der Waals surface area contributed by atoms with Crippen LogP contribution in [0.5, 0.6) is 0 Å². The largest absolute Gasteiger partial charge is 0.326 e. The van der Waals surface area contributed by atoms with Crippen LogP contribution in [0.4, 0.5) is 0 Å². The summed E-state index contributed by atoms with van der Waals surface area (Å²) < 4.78 is 0. The van der Waals surface area contributed by atoms with E-state index in [2.05, 4.69) is 48.1 Å². The topological polar surface area (TPSA) is 51.8 Å². The van der Waals surface area contributed by atoms with Gasteiger partial charge >= 0.3 is 0 Å². The second kappa shape index (κ2) is 6.68. The second-order valence-corrected chi connectivity index (χ2v) is 5.67. The van der Waals surface area contributed by atoms with Crippen molar-refractivity contribution in [1.82, 2.24) is 9.97 Å². The molecule has 1 aromatic heterocycles. The monoisotopic (exact) mass is 273 g/mol. The molecule has 0 saturated heterocycles. The number of thioether (sulfide) groups is 1. The second-order valence-electron chi connectivity index (χ2n) is 4.51. The van der Waals surface area contributed by atoms with Crippen molar-refractivity contribution in [1.29, 1.82) is 0 Å². The van der Waals surface area contributed by atoms with Gasteiger partial charge in [-0.1, -0.05) is 43.0 Å². The average molecular weight is 273 g/mol. The molecule has 0 spiro atoms. The molecule has 2 unspecified atom stereocenters. The zero-order valence-electron chi connectivity index (χ0n) is 11.3. The SMILES string of the molecule is CCC(N)C(Sc1cnccn1)c1ccccc1C. The lowest BCUT2D eigenvalue weighted by Gasteiger charge is -2.24. The number of nitrogens with two attached hydrogens (primary N) is 1. The van der Waals surface area contributed by atoms with Gasteiger partial charge in [0.05, 0.1) is 11.4 Å². The number of aromatic nitrogens is 2. The molecule has 1 heterocycles. The first-order chi connectivity index (χ1) is 9.22. The molecular formula is C15H19N3S. The molecular weight excluding hydrogens is 254 g/mol. The normalized spacial score (nSPS) is 14.1. The summed E-state index contributed by atoms with van der Waals surface area (Å²) in [5, 5.41) is 1.13. The van der Waals surface area contributed by atoms with Gasteiger partial charge in [0.15, 0.2) is 0 Å². The Balaban J connectivity index is 2.29. The minimum atomic E-state index is 0.105. The number of hydrogen-bond donors (Lipinski definition) is 1. The molecule has 2 N–H and O–H groups in total. The molecule has 0 fully saturated rings. The molecule has 1 aromatic carbocycles. The van der Waals surface area contributed by atoms with Gasteiger partial charge in [-0.15, -0.1) is 0 Å². The van der Waals surface area contributed by atoms with Crippen LogP contribution in [0.15, 0.2) is 47.9 Å². The lowest BCUT2D eigenvalue weighted by Crippen LogP contribution is -2.26. The minimum absolute atomic E-state index is 0.105. The Bertz CT molecular complexity index is 516. The van der Waals surface area contributed by atoms with Crippen LogP contribution in [0.3, 0.4) is 0 Å². The molecule has 3 nitrogen and oxygen atoms in total. The van der Waals surface area contributed by atoms with Gasteiger partial charge in [-0.3, -0.25) is 4.98 Å². The van der Waals surface area contributed by atoms with Gasteiger partial charge in [-0.05, 0) is 24.5 Å². The van der Waals surface area contributed by atoms with Gasteiger partial charge < -0.3 is 5.73 Å². The van der Waals surface area contributed by atoms with Crippen LogP contribution in [0.1, 0.15) is 29.7 Å². The molecule has 0 aliphatic carbocycles. The number of hydrogen-bond acceptors (Lipinski definition) is 4. The fourth-order valence-electron chi connectivity index (χ4n) is 1.98. The van der Waals surface area contributed by atoms with E-state index in [1.165, 1.54) is 11.1 Å². The molecule has 0 amide bonds. The quantitative estimate of drug-likeness (QED) is 0.849. The highest BCUT2D eigenvalue weighted by atomic mass is 32.2. The maximum atomic E-state index is 6.30. The van der Waals surface area contributed by atoms with Crippen LogP contribution in [-0.2, 0) is 0 Å². The Morgan fingerprint density at radius 1 is 1.26 bits per heavy atom. The number of rotatable bonds is 5. The zero-order valence-corrected chi connectivity index (χ0v) is 12.1. The van der Waals surface area contributed by atoms with Gasteiger partial charge in [-0.25, -0.2) is 4.98 Å². The molecule has 0 bridgehead atoms. The number of nitrogens with zero attached hydrogens (tertiary/aromatic N) is 2. The van der Waals surface area contributed by atoms with Crippen molar-refractivity contribution >= 4 is 11.8 Å². The third kappa shape index (κ3) is 3.55. The molecule has 0 aliphatic rings. The van der Waals surface area contributed by atoms with E-state index < -0.39 is 0 Å². The standard InChI is InChI=1S/C15H19N3S/c1-3-13(16)15(12-7-5-4-6-11(12)2)19-14-10-17-8-9-18-14/h4-10,13,15H,3,16H2,1-2H3. The van der Waals surface area contributed by atoms with E-state index >= 15 is 0 Å². The molecule has 2 aromatic rings. The van der Waals surface area contributed by atoms with E-state index in [-0.39, 0.29) is 11.3 Å². The van der Waals surface area contributed by atoms with Crippen molar-refractivity contribution in [2.45, 2.75) is 36.6 Å². The summed E-state index contributed by atoms with van der Waals surface area (Å²) in [4.78, 5) is 8.45. The van der Waals surface area contributed by atoms with Crippen molar-refractivity contribution in [3.8, 4) is 0 Å². The van der Waals surface area contributed by atoms with Crippen LogP contribution in [0, 0.1) is 6.92 Å². The Morgan fingerprint density at radius 2 is 2.05 bits per heavy atom. The number of benzene rings is 1. The Morgan fingerprint density at radius 3 is 2.68 bits per heavy atom. The van der Waals surface area contributed by atoms with E-state index in [9.17, 15) is 0 Å². The molecule has 2 rings (SSSR count). The maximum Gasteiger partial charge on any atom is 0.115 e. The Labute approximate surface area is 118 Å². The highest BCUT2D eigenvalue weighted by Crippen LogP contribution is 2.38. The molecule has 0 saturated carbocycles. The Hall–Kier alpha value is -1.39. The highest BCUT2D eigenvalue weighted by Gasteiger charge is 2.21. The van der Waals surface area contributed by atoms with E-state index in [4.69, 9.17) is 5.73 Å². The zero-order chi connectivity index (χ0) is 13.7. The fourth-order valence-corrected chi connectivity index (χ4v) is 3.24.